The maximum Gasteiger partial charge on any atom is 0.417 e. The van der Waals surface area contributed by atoms with Gasteiger partial charge in [-0.25, -0.2) is 14.5 Å². The highest BCUT2D eigenvalue weighted by atomic mass is 19.4. The smallest absolute Gasteiger partial charge is 0.417 e. The predicted molar refractivity (Wildman–Crippen MR) is 129 cm³/mol. The summed E-state index contributed by atoms with van der Waals surface area (Å²) >= 11 is 0. The normalized spacial score (nSPS) is 14.9. The van der Waals surface area contributed by atoms with Crippen LogP contribution in [0.1, 0.15) is 40.9 Å². The van der Waals surface area contributed by atoms with E-state index in [4.69, 9.17) is 15.1 Å². The molecule has 38 heavy (non-hydrogen) atoms. The van der Waals surface area contributed by atoms with Crippen molar-refractivity contribution in [2.24, 2.45) is 0 Å². The summed E-state index contributed by atoms with van der Waals surface area (Å²) in [7, 11) is 0. The number of halogens is 3. The minimum absolute atomic E-state index is 0.0742. The largest absolute Gasteiger partial charge is 0.478 e. The Balaban J connectivity index is 1.65. The molecule has 0 saturated carbocycles. The van der Waals surface area contributed by atoms with Gasteiger partial charge in [-0.1, -0.05) is 18.2 Å². The minimum Gasteiger partial charge on any atom is -0.478 e. The summed E-state index contributed by atoms with van der Waals surface area (Å²) in [4.78, 5) is 39.6. The molecule has 0 atom stereocenters. The predicted octanol–water partition coefficient (Wildman–Crippen LogP) is 5.81. The Bertz CT molecular complexity index is 1480. The molecule has 0 unspecified atom stereocenters. The number of anilines is 1. The van der Waals surface area contributed by atoms with E-state index in [0.29, 0.717) is 28.0 Å². The monoisotopic (exact) mass is 523 g/mol. The van der Waals surface area contributed by atoms with Crippen molar-refractivity contribution in [3.05, 3.63) is 89.0 Å². The lowest BCUT2D eigenvalue weighted by Crippen LogP contribution is -2.43. The fraction of sp³-hybridized carbons (Fsp3) is 0.185. The van der Waals surface area contributed by atoms with Crippen LogP contribution < -0.4 is 9.64 Å². The third kappa shape index (κ3) is 4.76. The van der Waals surface area contributed by atoms with Gasteiger partial charge in [0.05, 0.1) is 35.0 Å². The van der Waals surface area contributed by atoms with E-state index < -0.39 is 40.7 Å². The highest BCUT2D eigenvalue weighted by Crippen LogP contribution is 2.39. The number of carboxylic acid groups (broad SMARTS) is 1. The SMILES string of the molecule is CC1(C)C(=O)N(c2ccc(C#N)c(C(F)(F)F)c2)C(=O)N1Cc1ccccc1Oc1ccc(C(=O)O)cc1. The third-order valence-electron chi connectivity index (χ3n) is 6.14. The first-order chi connectivity index (χ1) is 17.8. The number of para-hydroxylation sites is 1. The average molecular weight is 523 g/mol. The number of carbonyl (C=O) groups excluding carboxylic acids is 2. The van der Waals surface area contributed by atoms with Crippen LogP contribution in [0.5, 0.6) is 11.5 Å². The molecule has 3 aromatic rings. The van der Waals surface area contributed by atoms with Gasteiger partial charge >= 0.3 is 18.2 Å². The molecule has 0 spiro atoms. The van der Waals surface area contributed by atoms with Crippen LogP contribution in [0.15, 0.2) is 66.7 Å². The summed E-state index contributed by atoms with van der Waals surface area (Å²) in [5.74, 6) is -1.15. The molecule has 1 aliphatic heterocycles. The van der Waals surface area contributed by atoms with Crippen LogP contribution in [0.25, 0.3) is 0 Å². The van der Waals surface area contributed by atoms with Crippen molar-refractivity contribution in [2.45, 2.75) is 32.1 Å². The molecule has 1 saturated heterocycles. The van der Waals surface area contributed by atoms with Crippen molar-refractivity contribution in [1.82, 2.24) is 4.90 Å². The van der Waals surface area contributed by atoms with Crippen molar-refractivity contribution >= 4 is 23.6 Å². The molecule has 194 valence electrons. The van der Waals surface area contributed by atoms with Gasteiger partial charge in [-0.2, -0.15) is 18.4 Å². The summed E-state index contributed by atoms with van der Waals surface area (Å²) in [6, 6.07) is 15.7. The molecule has 0 aliphatic carbocycles. The maximum absolute atomic E-state index is 13.5. The van der Waals surface area contributed by atoms with Gasteiger partial charge in [0.2, 0.25) is 0 Å². The number of carbonyl (C=O) groups is 3. The Kier molecular flexibility index (Phi) is 6.59. The number of nitrogens with zero attached hydrogens (tertiary/aromatic N) is 3. The zero-order valence-electron chi connectivity index (χ0n) is 20.1. The first kappa shape index (κ1) is 26.2. The molecule has 8 nitrogen and oxygen atoms in total. The topological polar surface area (TPSA) is 111 Å². The Morgan fingerprint density at radius 3 is 2.32 bits per heavy atom. The molecule has 1 aliphatic rings. The van der Waals surface area contributed by atoms with E-state index in [1.54, 1.807) is 24.3 Å². The molecule has 1 N–H and O–H groups in total. The molecule has 11 heteroatoms. The Morgan fingerprint density at radius 1 is 1.05 bits per heavy atom. The van der Waals surface area contributed by atoms with Gasteiger partial charge < -0.3 is 14.7 Å². The fourth-order valence-electron chi connectivity index (χ4n) is 4.03. The lowest BCUT2D eigenvalue weighted by atomic mass is 10.0. The fourth-order valence-corrected chi connectivity index (χ4v) is 4.03. The molecule has 4 rings (SSSR count). The molecule has 0 bridgehead atoms. The van der Waals surface area contributed by atoms with Crippen molar-refractivity contribution in [3.63, 3.8) is 0 Å². The van der Waals surface area contributed by atoms with Gasteiger partial charge in [-0.05, 0) is 62.4 Å². The van der Waals surface area contributed by atoms with E-state index in [-0.39, 0.29) is 17.8 Å². The lowest BCUT2D eigenvalue weighted by molar-refractivity contribution is -0.137. The number of rotatable bonds is 6. The molecular weight excluding hydrogens is 503 g/mol. The first-order valence-corrected chi connectivity index (χ1v) is 11.2. The highest BCUT2D eigenvalue weighted by molar-refractivity contribution is 6.23. The molecule has 0 radical (unpaired) electrons. The summed E-state index contributed by atoms with van der Waals surface area (Å²) < 4.78 is 46.4. The van der Waals surface area contributed by atoms with Crippen LogP contribution in [-0.4, -0.2) is 33.5 Å². The number of urea groups is 1. The van der Waals surface area contributed by atoms with Crippen LogP contribution in [0.2, 0.25) is 0 Å². The molecular formula is C27H20F3N3O5. The average Bonchev–Trinajstić information content (AvgIpc) is 3.03. The van der Waals surface area contributed by atoms with Gasteiger partial charge in [0, 0.05) is 5.56 Å². The van der Waals surface area contributed by atoms with Crippen molar-refractivity contribution in [1.29, 1.82) is 5.26 Å². The van der Waals surface area contributed by atoms with E-state index in [1.807, 2.05) is 0 Å². The second-order valence-corrected chi connectivity index (χ2v) is 8.95. The van der Waals surface area contributed by atoms with E-state index in [9.17, 15) is 27.6 Å². The number of benzene rings is 3. The van der Waals surface area contributed by atoms with Gasteiger partial charge in [-0.3, -0.25) is 4.79 Å². The number of hydrogen-bond donors (Lipinski definition) is 1. The quantitative estimate of drug-likeness (QED) is 0.408. The standard InChI is InChI=1S/C27H20F3N3O5/c1-26(2)24(36)33(19-10-7-17(14-31)21(13-19)27(28,29)30)25(37)32(26)15-18-5-3-4-6-22(18)38-20-11-8-16(9-12-20)23(34)35/h3-13H,15H2,1-2H3,(H,34,35). The lowest BCUT2D eigenvalue weighted by Gasteiger charge is -2.28. The number of imide groups is 1. The van der Waals surface area contributed by atoms with E-state index in [2.05, 4.69) is 0 Å². The van der Waals surface area contributed by atoms with E-state index in [1.165, 1.54) is 49.1 Å². The van der Waals surface area contributed by atoms with Crippen LogP contribution >= 0.6 is 0 Å². The molecule has 3 aromatic carbocycles. The summed E-state index contributed by atoms with van der Waals surface area (Å²) in [5.41, 5.74) is -3.02. The summed E-state index contributed by atoms with van der Waals surface area (Å²) in [6.45, 7) is 2.85. The second kappa shape index (κ2) is 9.55. The Morgan fingerprint density at radius 2 is 1.71 bits per heavy atom. The molecule has 3 amide bonds. The van der Waals surface area contributed by atoms with Gasteiger partial charge in [-0.15, -0.1) is 0 Å². The summed E-state index contributed by atoms with van der Waals surface area (Å²) in [5, 5.41) is 18.1. The van der Waals surface area contributed by atoms with Crippen molar-refractivity contribution < 1.29 is 37.4 Å². The number of amides is 3. The Labute approximate surface area is 215 Å². The van der Waals surface area contributed by atoms with Crippen molar-refractivity contribution in [3.8, 4) is 17.6 Å². The molecule has 0 aromatic heterocycles. The number of hydrogen-bond acceptors (Lipinski definition) is 5. The molecule has 1 fully saturated rings. The van der Waals surface area contributed by atoms with Crippen molar-refractivity contribution in [2.75, 3.05) is 4.90 Å². The molecule has 1 heterocycles. The third-order valence-corrected chi connectivity index (χ3v) is 6.14. The zero-order valence-corrected chi connectivity index (χ0v) is 20.1. The number of aromatic carboxylic acids is 1. The number of nitriles is 1. The minimum atomic E-state index is -4.86. The Hall–Kier alpha value is -4.85. The zero-order chi connectivity index (χ0) is 27.8. The van der Waals surface area contributed by atoms with Crippen LogP contribution in [-0.2, 0) is 17.5 Å². The van der Waals surface area contributed by atoms with Crippen LogP contribution in [0.4, 0.5) is 23.7 Å². The maximum atomic E-state index is 13.5. The second-order valence-electron chi connectivity index (χ2n) is 8.95. The van der Waals surface area contributed by atoms with Gasteiger partial charge in [0.15, 0.2) is 0 Å². The summed E-state index contributed by atoms with van der Waals surface area (Å²) in [6.07, 6.45) is -4.86. The first-order valence-electron chi connectivity index (χ1n) is 11.2. The van der Waals surface area contributed by atoms with Gasteiger partial charge in [0.1, 0.15) is 17.0 Å². The van der Waals surface area contributed by atoms with Crippen LogP contribution in [0.3, 0.4) is 0 Å². The number of carboxylic acids is 1. The number of alkyl halides is 3. The van der Waals surface area contributed by atoms with Crippen LogP contribution in [0, 0.1) is 11.3 Å². The van der Waals surface area contributed by atoms with E-state index in [0.717, 1.165) is 12.1 Å². The van der Waals surface area contributed by atoms with Gasteiger partial charge in [0.25, 0.3) is 5.91 Å². The van der Waals surface area contributed by atoms with E-state index >= 15 is 0 Å². The number of ether oxygens (including phenoxy) is 1. The highest BCUT2D eigenvalue weighted by Gasteiger charge is 2.52.